The summed E-state index contributed by atoms with van der Waals surface area (Å²) in [7, 11) is 0. The lowest BCUT2D eigenvalue weighted by Gasteiger charge is -2.13. The van der Waals surface area contributed by atoms with Crippen molar-refractivity contribution >= 4 is 11.9 Å². The van der Waals surface area contributed by atoms with Gasteiger partial charge in [0.05, 0.1) is 25.9 Å². The molecule has 3 amide bonds. The highest BCUT2D eigenvalue weighted by Crippen LogP contribution is 2.11. The molecule has 0 aromatic heterocycles. The Morgan fingerprint density at radius 2 is 1.74 bits per heavy atom. The first-order chi connectivity index (χ1) is 13.1. The molecule has 1 fully saturated rings. The molecule has 0 aromatic carbocycles. The van der Waals surface area contributed by atoms with Crippen molar-refractivity contribution in [3.8, 4) is 0 Å². The number of rotatable bonds is 17. The standard InChI is InChI=1S/C19H38N4O4/c1-16-17(23-19(25)22-16)8-4-2-5-9-18(24)21-11-6-3-7-12-26-14-15-27-13-10-20/h16-17H,2-15,20H2,1H3,(H,21,24)(H2,22,23,25)/t16-,17+/m0/s1. The number of carbonyl (C=O) groups is 2. The highest BCUT2D eigenvalue weighted by Gasteiger charge is 2.26. The van der Waals surface area contributed by atoms with Crippen LogP contribution in [0, 0.1) is 0 Å². The zero-order valence-corrected chi connectivity index (χ0v) is 16.8. The summed E-state index contributed by atoms with van der Waals surface area (Å²) in [5.74, 6) is 0.132. The van der Waals surface area contributed by atoms with Gasteiger partial charge in [0.15, 0.2) is 0 Å². The van der Waals surface area contributed by atoms with Crippen LogP contribution in [0.3, 0.4) is 0 Å². The zero-order chi connectivity index (χ0) is 19.7. The Bertz CT molecular complexity index is 409. The molecule has 0 aromatic rings. The van der Waals surface area contributed by atoms with Crippen molar-refractivity contribution in [1.82, 2.24) is 16.0 Å². The highest BCUT2D eigenvalue weighted by atomic mass is 16.5. The lowest BCUT2D eigenvalue weighted by atomic mass is 10.0. The molecule has 8 nitrogen and oxygen atoms in total. The second-order valence-corrected chi connectivity index (χ2v) is 7.04. The number of nitrogens with one attached hydrogen (secondary N) is 3. The van der Waals surface area contributed by atoms with Gasteiger partial charge in [0.1, 0.15) is 0 Å². The molecular formula is C19H38N4O4. The molecule has 0 bridgehead atoms. The van der Waals surface area contributed by atoms with Crippen molar-refractivity contribution in [3.05, 3.63) is 0 Å². The lowest BCUT2D eigenvalue weighted by Crippen LogP contribution is -2.30. The van der Waals surface area contributed by atoms with Crippen molar-refractivity contribution in [3.63, 3.8) is 0 Å². The molecule has 8 heteroatoms. The number of carbonyl (C=O) groups excluding carboxylic acids is 2. The van der Waals surface area contributed by atoms with Gasteiger partial charge in [-0.25, -0.2) is 4.79 Å². The number of ether oxygens (including phenoxy) is 2. The monoisotopic (exact) mass is 386 g/mol. The van der Waals surface area contributed by atoms with Gasteiger partial charge in [-0.15, -0.1) is 0 Å². The van der Waals surface area contributed by atoms with Crippen LogP contribution >= 0.6 is 0 Å². The van der Waals surface area contributed by atoms with E-state index in [1.54, 1.807) is 0 Å². The van der Waals surface area contributed by atoms with Crippen molar-refractivity contribution in [1.29, 1.82) is 0 Å². The molecule has 0 radical (unpaired) electrons. The van der Waals surface area contributed by atoms with E-state index in [-0.39, 0.29) is 24.0 Å². The predicted octanol–water partition coefficient (Wildman–Crippen LogP) is 1.29. The van der Waals surface area contributed by atoms with Gasteiger partial charge >= 0.3 is 6.03 Å². The van der Waals surface area contributed by atoms with Gasteiger partial charge in [-0.05, 0) is 39.0 Å². The average Bonchev–Trinajstić information content (AvgIpc) is 2.96. The maximum Gasteiger partial charge on any atom is 0.315 e. The predicted molar refractivity (Wildman–Crippen MR) is 106 cm³/mol. The third-order valence-corrected chi connectivity index (χ3v) is 4.62. The molecule has 0 saturated carbocycles. The van der Waals surface area contributed by atoms with Crippen LogP contribution in [0.25, 0.3) is 0 Å². The molecule has 2 atom stereocenters. The van der Waals surface area contributed by atoms with Crippen molar-refractivity contribution in [2.24, 2.45) is 5.73 Å². The molecule has 1 rings (SSSR count). The van der Waals surface area contributed by atoms with Crippen LogP contribution in [0.5, 0.6) is 0 Å². The maximum atomic E-state index is 11.8. The number of unbranched alkanes of at least 4 members (excludes halogenated alkanes) is 4. The largest absolute Gasteiger partial charge is 0.379 e. The van der Waals surface area contributed by atoms with E-state index < -0.39 is 0 Å². The Morgan fingerprint density at radius 3 is 2.44 bits per heavy atom. The van der Waals surface area contributed by atoms with Gasteiger partial charge in [0, 0.05) is 32.2 Å². The minimum atomic E-state index is -0.0741. The van der Waals surface area contributed by atoms with E-state index in [1.807, 2.05) is 6.92 Å². The molecule has 158 valence electrons. The summed E-state index contributed by atoms with van der Waals surface area (Å²) in [6, 6.07) is 0.333. The van der Waals surface area contributed by atoms with Crippen LogP contribution < -0.4 is 21.7 Å². The SMILES string of the molecule is C[C@@H]1NC(=O)N[C@@H]1CCCCCC(=O)NCCCCCOCCOCCN. The van der Waals surface area contributed by atoms with Crippen molar-refractivity contribution in [2.45, 2.75) is 70.4 Å². The quantitative estimate of drug-likeness (QED) is 0.281. The molecule has 0 spiro atoms. The summed E-state index contributed by atoms with van der Waals surface area (Å²) in [6.07, 6.45) is 7.50. The van der Waals surface area contributed by atoms with E-state index in [2.05, 4.69) is 16.0 Å². The van der Waals surface area contributed by atoms with Gasteiger partial charge in [-0.2, -0.15) is 0 Å². The average molecular weight is 387 g/mol. The molecular weight excluding hydrogens is 348 g/mol. The van der Waals surface area contributed by atoms with Gasteiger partial charge in [0.2, 0.25) is 5.91 Å². The zero-order valence-electron chi connectivity index (χ0n) is 16.8. The van der Waals surface area contributed by atoms with Gasteiger partial charge in [0.25, 0.3) is 0 Å². The fraction of sp³-hybridized carbons (Fsp3) is 0.895. The first-order valence-corrected chi connectivity index (χ1v) is 10.3. The summed E-state index contributed by atoms with van der Waals surface area (Å²) in [4.78, 5) is 23.0. The second-order valence-electron chi connectivity index (χ2n) is 7.04. The Hall–Kier alpha value is -1.38. The van der Waals surface area contributed by atoms with Gasteiger partial charge in [-0.1, -0.05) is 12.8 Å². The van der Waals surface area contributed by atoms with E-state index in [4.69, 9.17) is 15.2 Å². The summed E-state index contributed by atoms with van der Waals surface area (Å²) in [5, 5.41) is 8.74. The molecule has 0 unspecified atom stereocenters. The van der Waals surface area contributed by atoms with Crippen molar-refractivity contribution in [2.75, 3.05) is 39.5 Å². The number of nitrogens with two attached hydrogens (primary N) is 1. The number of urea groups is 1. The Labute approximate surface area is 163 Å². The van der Waals surface area contributed by atoms with E-state index in [9.17, 15) is 9.59 Å². The number of hydrogen-bond acceptors (Lipinski definition) is 5. The smallest absolute Gasteiger partial charge is 0.315 e. The van der Waals surface area contributed by atoms with E-state index >= 15 is 0 Å². The molecule has 0 aliphatic carbocycles. The van der Waals surface area contributed by atoms with Gasteiger partial charge in [-0.3, -0.25) is 4.79 Å². The summed E-state index contributed by atoms with van der Waals surface area (Å²) in [5.41, 5.74) is 5.32. The van der Waals surface area contributed by atoms with E-state index in [1.165, 1.54) is 0 Å². The fourth-order valence-electron chi connectivity index (χ4n) is 3.02. The molecule has 1 aliphatic rings. The first kappa shape index (κ1) is 23.7. The third-order valence-electron chi connectivity index (χ3n) is 4.62. The lowest BCUT2D eigenvalue weighted by molar-refractivity contribution is -0.121. The normalized spacial score (nSPS) is 19.0. The Morgan fingerprint density at radius 1 is 1.00 bits per heavy atom. The molecule has 1 heterocycles. The molecule has 1 saturated heterocycles. The third kappa shape index (κ3) is 12.6. The van der Waals surface area contributed by atoms with Crippen LogP contribution in [0.4, 0.5) is 4.79 Å². The summed E-state index contributed by atoms with van der Waals surface area (Å²) < 4.78 is 10.7. The van der Waals surface area contributed by atoms with Crippen LogP contribution in [-0.2, 0) is 14.3 Å². The minimum Gasteiger partial charge on any atom is -0.379 e. The Kier molecular flexibility index (Phi) is 13.7. The van der Waals surface area contributed by atoms with Crippen LogP contribution in [-0.4, -0.2) is 63.5 Å². The highest BCUT2D eigenvalue weighted by molar-refractivity contribution is 5.77. The maximum absolute atomic E-state index is 11.8. The van der Waals surface area contributed by atoms with Crippen molar-refractivity contribution < 1.29 is 19.1 Å². The van der Waals surface area contributed by atoms with E-state index in [0.29, 0.717) is 32.8 Å². The molecule has 5 N–H and O–H groups in total. The summed E-state index contributed by atoms with van der Waals surface area (Å²) >= 11 is 0. The van der Waals surface area contributed by atoms with Crippen LogP contribution in [0.15, 0.2) is 0 Å². The first-order valence-electron chi connectivity index (χ1n) is 10.3. The Balaban J connectivity index is 1.80. The fourth-order valence-corrected chi connectivity index (χ4v) is 3.02. The minimum absolute atomic E-state index is 0.0741. The van der Waals surface area contributed by atoms with Crippen LogP contribution in [0.2, 0.25) is 0 Å². The molecule has 1 aliphatic heterocycles. The number of hydrogen-bond donors (Lipinski definition) is 4. The topological polar surface area (TPSA) is 115 Å². The summed E-state index contributed by atoms with van der Waals surface area (Å²) in [6.45, 7) is 5.81. The second kappa shape index (κ2) is 15.7. The van der Waals surface area contributed by atoms with Crippen LogP contribution in [0.1, 0.15) is 58.3 Å². The van der Waals surface area contributed by atoms with Gasteiger partial charge < -0.3 is 31.2 Å². The molecule has 27 heavy (non-hydrogen) atoms. The number of amides is 3. The van der Waals surface area contributed by atoms with E-state index in [0.717, 1.165) is 58.1 Å².